The van der Waals surface area contributed by atoms with Gasteiger partial charge in [-0.2, -0.15) is 0 Å². The normalized spacial score (nSPS) is 12.6. The Bertz CT molecular complexity index is 761. The predicted molar refractivity (Wildman–Crippen MR) is 93.3 cm³/mol. The van der Waals surface area contributed by atoms with Gasteiger partial charge in [-0.3, -0.25) is 9.09 Å². The standard InChI is InChI=1S/C18H27N3O3/c1-8-23-19-9-15(17-20-24-18(22)21(17)7)16-13(5)11(3)10(2)12(4)14(16)6/h15,19H,8-9H2,1-7H3. The van der Waals surface area contributed by atoms with Gasteiger partial charge in [0.1, 0.15) is 0 Å². The molecule has 0 amide bonds. The second-order valence-electron chi connectivity index (χ2n) is 6.24. The summed E-state index contributed by atoms with van der Waals surface area (Å²) >= 11 is 0. The fourth-order valence-corrected chi connectivity index (χ4v) is 3.22. The highest BCUT2D eigenvalue weighted by Crippen LogP contribution is 2.34. The Kier molecular flexibility index (Phi) is 5.62. The minimum atomic E-state index is -0.456. The van der Waals surface area contributed by atoms with Crippen molar-refractivity contribution in [1.29, 1.82) is 0 Å². The maximum Gasteiger partial charge on any atom is 0.441 e. The number of rotatable bonds is 6. The van der Waals surface area contributed by atoms with E-state index in [1.807, 2.05) is 6.92 Å². The molecule has 0 radical (unpaired) electrons. The van der Waals surface area contributed by atoms with Crippen LogP contribution in [-0.4, -0.2) is 22.9 Å². The molecule has 0 fully saturated rings. The Balaban J connectivity index is 2.64. The van der Waals surface area contributed by atoms with Crippen LogP contribution in [0.3, 0.4) is 0 Å². The molecule has 1 heterocycles. The average molecular weight is 333 g/mol. The van der Waals surface area contributed by atoms with E-state index < -0.39 is 5.76 Å². The van der Waals surface area contributed by atoms with Gasteiger partial charge in [-0.15, -0.1) is 0 Å². The summed E-state index contributed by atoms with van der Waals surface area (Å²) in [6, 6.07) is 0. The molecule has 0 saturated heterocycles. The molecule has 0 saturated carbocycles. The molecule has 24 heavy (non-hydrogen) atoms. The van der Waals surface area contributed by atoms with Crippen LogP contribution in [0.4, 0.5) is 0 Å². The summed E-state index contributed by atoms with van der Waals surface area (Å²) in [7, 11) is 1.68. The van der Waals surface area contributed by atoms with Crippen LogP contribution in [-0.2, 0) is 11.9 Å². The molecular weight excluding hydrogens is 306 g/mol. The summed E-state index contributed by atoms with van der Waals surface area (Å²) in [4.78, 5) is 17.1. The highest BCUT2D eigenvalue weighted by molar-refractivity contribution is 5.52. The summed E-state index contributed by atoms with van der Waals surface area (Å²) < 4.78 is 6.32. The lowest BCUT2D eigenvalue weighted by atomic mass is 9.83. The largest absolute Gasteiger partial charge is 0.441 e. The summed E-state index contributed by atoms with van der Waals surface area (Å²) in [5.41, 5.74) is 10.4. The van der Waals surface area contributed by atoms with Gasteiger partial charge in [0, 0.05) is 13.6 Å². The van der Waals surface area contributed by atoms with E-state index in [1.165, 1.54) is 37.9 Å². The number of benzene rings is 1. The van der Waals surface area contributed by atoms with Crippen molar-refractivity contribution in [2.45, 2.75) is 47.5 Å². The first kappa shape index (κ1) is 18.4. The van der Waals surface area contributed by atoms with Crippen molar-refractivity contribution in [2.75, 3.05) is 13.2 Å². The highest BCUT2D eigenvalue weighted by atomic mass is 16.6. The van der Waals surface area contributed by atoms with Gasteiger partial charge in [0.05, 0.1) is 12.5 Å². The van der Waals surface area contributed by atoms with Crippen molar-refractivity contribution >= 4 is 0 Å². The van der Waals surface area contributed by atoms with Crippen LogP contribution in [0.25, 0.3) is 0 Å². The van der Waals surface area contributed by atoms with Gasteiger partial charge in [-0.05, 0) is 74.9 Å². The molecule has 0 bridgehead atoms. The molecule has 6 heteroatoms. The van der Waals surface area contributed by atoms with E-state index >= 15 is 0 Å². The highest BCUT2D eigenvalue weighted by Gasteiger charge is 2.26. The van der Waals surface area contributed by atoms with Crippen molar-refractivity contribution < 1.29 is 9.36 Å². The first-order valence-electron chi connectivity index (χ1n) is 8.25. The second kappa shape index (κ2) is 7.32. The molecule has 1 unspecified atom stereocenters. The molecule has 1 aromatic carbocycles. The van der Waals surface area contributed by atoms with Gasteiger partial charge in [0.2, 0.25) is 0 Å². The van der Waals surface area contributed by atoms with E-state index in [1.54, 1.807) is 7.05 Å². The second-order valence-corrected chi connectivity index (χ2v) is 6.24. The molecule has 2 aromatic rings. The molecule has 0 spiro atoms. The quantitative estimate of drug-likeness (QED) is 0.650. The maximum absolute atomic E-state index is 11.7. The molecule has 1 N–H and O–H groups in total. The van der Waals surface area contributed by atoms with Crippen LogP contribution < -0.4 is 11.2 Å². The van der Waals surface area contributed by atoms with Crippen molar-refractivity contribution in [3.05, 3.63) is 49.8 Å². The fourth-order valence-electron chi connectivity index (χ4n) is 3.22. The third kappa shape index (κ3) is 3.16. The van der Waals surface area contributed by atoms with Gasteiger partial charge >= 0.3 is 5.76 Å². The molecule has 0 aliphatic carbocycles. The topological polar surface area (TPSA) is 69.3 Å². The number of nitrogens with zero attached hydrogens (tertiary/aromatic N) is 2. The number of hydroxylamine groups is 1. The Morgan fingerprint density at radius 1 is 1.08 bits per heavy atom. The Morgan fingerprint density at radius 2 is 1.62 bits per heavy atom. The van der Waals surface area contributed by atoms with Crippen LogP contribution >= 0.6 is 0 Å². The lowest BCUT2D eigenvalue weighted by molar-refractivity contribution is 0.0485. The van der Waals surface area contributed by atoms with Crippen molar-refractivity contribution in [2.24, 2.45) is 7.05 Å². The number of hydrogen-bond acceptors (Lipinski definition) is 5. The van der Waals surface area contributed by atoms with E-state index in [4.69, 9.17) is 9.36 Å². The van der Waals surface area contributed by atoms with Crippen LogP contribution in [0.5, 0.6) is 0 Å². The fraction of sp³-hybridized carbons (Fsp3) is 0.556. The minimum Gasteiger partial charge on any atom is -0.302 e. The van der Waals surface area contributed by atoms with E-state index in [0.29, 0.717) is 19.0 Å². The molecule has 6 nitrogen and oxygen atoms in total. The van der Waals surface area contributed by atoms with Gasteiger partial charge in [-0.1, -0.05) is 5.16 Å². The lowest BCUT2D eigenvalue weighted by Crippen LogP contribution is -2.27. The molecule has 1 aromatic heterocycles. The number of hydrogen-bond donors (Lipinski definition) is 1. The van der Waals surface area contributed by atoms with Crippen LogP contribution in [0, 0.1) is 34.6 Å². The van der Waals surface area contributed by atoms with Crippen molar-refractivity contribution in [1.82, 2.24) is 15.2 Å². The predicted octanol–water partition coefficient (Wildman–Crippen LogP) is 2.59. The Hall–Kier alpha value is -1.92. The molecular formula is C18H27N3O3. The monoisotopic (exact) mass is 333 g/mol. The van der Waals surface area contributed by atoms with Crippen LogP contribution in [0.2, 0.25) is 0 Å². The zero-order chi connectivity index (χ0) is 18.0. The summed E-state index contributed by atoms with van der Waals surface area (Å²) in [6.07, 6.45) is 0. The maximum atomic E-state index is 11.7. The Labute approximate surface area is 142 Å². The number of aromatic nitrogens is 2. The summed E-state index contributed by atoms with van der Waals surface area (Å²) in [5.74, 6) is 0.00864. The molecule has 0 aliphatic heterocycles. The molecule has 0 aliphatic rings. The van der Waals surface area contributed by atoms with Gasteiger partial charge in [-0.25, -0.2) is 10.3 Å². The van der Waals surface area contributed by atoms with E-state index in [-0.39, 0.29) is 5.92 Å². The van der Waals surface area contributed by atoms with E-state index in [2.05, 4.69) is 45.3 Å². The molecule has 2 rings (SSSR count). The van der Waals surface area contributed by atoms with E-state index in [0.717, 1.165) is 0 Å². The third-order valence-corrected chi connectivity index (χ3v) is 5.09. The zero-order valence-corrected chi connectivity index (χ0v) is 15.6. The summed E-state index contributed by atoms with van der Waals surface area (Å²) in [5, 5.41) is 4.01. The smallest absolute Gasteiger partial charge is 0.302 e. The first-order chi connectivity index (χ1) is 11.3. The van der Waals surface area contributed by atoms with Crippen LogP contribution in [0.15, 0.2) is 9.32 Å². The number of nitrogens with one attached hydrogen (secondary N) is 1. The average Bonchev–Trinajstić information content (AvgIpc) is 2.89. The van der Waals surface area contributed by atoms with Crippen molar-refractivity contribution in [3.63, 3.8) is 0 Å². The van der Waals surface area contributed by atoms with Gasteiger partial charge < -0.3 is 4.84 Å². The van der Waals surface area contributed by atoms with Crippen LogP contribution in [0.1, 0.15) is 52.0 Å². The lowest BCUT2D eigenvalue weighted by Gasteiger charge is -2.25. The molecule has 1 atom stereocenters. The van der Waals surface area contributed by atoms with Crippen molar-refractivity contribution in [3.8, 4) is 0 Å². The summed E-state index contributed by atoms with van der Waals surface area (Å²) in [6.45, 7) is 13.7. The molecule has 132 valence electrons. The third-order valence-electron chi connectivity index (χ3n) is 5.09. The SMILES string of the molecule is CCONCC(c1c(C)c(C)c(C)c(C)c1C)c1noc(=O)n1C. The zero-order valence-electron chi connectivity index (χ0n) is 15.6. The first-order valence-corrected chi connectivity index (χ1v) is 8.25. The minimum absolute atomic E-state index is 0.133. The van der Waals surface area contributed by atoms with E-state index in [9.17, 15) is 4.79 Å². The Morgan fingerprint density at radius 3 is 2.08 bits per heavy atom. The van der Waals surface area contributed by atoms with Gasteiger partial charge in [0.15, 0.2) is 5.82 Å². The van der Waals surface area contributed by atoms with Gasteiger partial charge in [0.25, 0.3) is 0 Å².